The molecule has 3 nitrogen and oxygen atoms in total. The molecule has 2 rings (SSSR count). The summed E-state index contributed by atoms with van der Waals surface area (Å²) in [5.74, 6) is 0.859. The van der Waals surface area contributed by atoms with Gasteiger partial charge in [0.15, 0.2) is 0 Å². The van der Waals surface area contributed by atoms with Gasteiger partial charge >= 0.3 is 0 Å². The predicted octanol–water partition coefficient (Wildman–Crippen LogP) is 1.79. The number of hydrogen-bond donors (Lipinski definition) is 1. The summed E-state index contributed by atoms with van der Waals surface area (Å²) in [5, 5.41) is 3.76. The van der Waals surface area contributed by atoms with Crippen molar-refractivity contribution < 1.29 is 0 Å². The van der Waals surface area contributed by atoms with Crippen molar-refractivity contribution >= 4 is 0 Å². The molecule has 3 heteroatoms. The van der Waals surface area contributed by atoms with Gasteiger partial charge in [-0.1, -0.05) is 6.92 Å². The molecule has 2 aliphatic heterocycles. The Kier molecular flexibility index (Phi) is 5.93. The third kappa shape index (κ3) is 4.22. The van der Waals surface area contributed by atoms with Gasteiger partial charge in [0.1, 0.15) is 0 Å². The van der Waals surface area contributed by atoms with E-state index < -0.39 is 0 Å². The van der Waals surface area contributed by atoms with Crippen molar-refractivity contribution in [2.24, 2.45) is 5.92 Å². The number of hydrogen-bond acceptors (Lipinski definition) is 3. The molecule has 2 saturated heterocycles. The minimum absolute atomic E-state index is 0.682. The van der Waals surface area contributed by atoms with Crippen molar-refractivity contribution in [3.8, 4) is 0 Å². The minimum Gasteiger partial charge on any atom is -0.313 e. The van der Waals surface area contributed by atoms with Gasteiger partial charge in [0.25, 0.3) is 0 Å². The third-order valence-corrected chi connectivity index (χ3v) is 4.79. The molecule has 0 bridgehead atoms. The Morgan fingerprint density at radius 2 is 1.83 bits per heavy atom. The molecule has 0 saturated carbocycles. The van der Waals surface area contributed by atoms with E-state index in [1.807, 2.05) is 0 Å². The van der Waals surface area contributed by atoms with E-state index in [9.17, 15) is 0 Å². The van der Waals surface area contributed by atoms with E-state index in [-0.39, 0.29) is 0 Å². The summed E-state index contributed by atoms with van der Waals surface area (Å²) in [5.41, 5.74) is 0. The first-order valence-electron chi connectivity index (χ1n) is 7.97. The summed E-state index contributed by atoms with van der Waals surface area (Å²) in [7, 11) is 0. The van der Waals surface area contributed by atoms with Gasteiger partial charge in [0, 0.05) is 25.7 Å². The quantitative estimate of drug-likeness (QED) is 0.778. The molecule has 2 heterocycles. The van der Waals surface area contributed by atoms with Gasteiger partial charge in [-0.05, 0) is 64.7 Å². The largest absolute Gasteiger partial charge is 0.313 e. The van der Waals surface area contributed by atoms with Gasteiger partial charge in [-0.3, -0.25) is 0 Å². The van der Waals surface area contributed by atoms with Crippen LogP contribution in [-0.2, 0) is 0 Å². The van der Waals surface area contributed by atoms with E-state index in [1.54, 1.807) is 0 Å². The van der Waals surface area contributed by atoms with Crippen LogP contribution in [0.3, 0.4) is 0 Å². The Morgan fingerprint density at radius 1 is 1.11 bits per heavy atom. The van der Waals surface area contributed by atoms with Crippen LogP contribution in [0.4, 0.5) is 0 Å². The Labute approximate surface area is 113 Å². The zero-order valence-corrected chi connectivity index (χ0v) is 12.3. The van der Waals surface area contributed by atoms with E-state index >= 15 is 0 Å². The average Bonchev–Trinajstić information content (AvgIpc) is 2.92. The van der Waals surface area contributed by atoms with Crippen molar-refractivity contribution in [2.45, 2.75) is 45.6 Å². The number of rotatable bonds is 6. The van der Waals surface area contributed by atoms with E-state index in [0.29, 0.717) is 6.04 Å². The second-order valence-corrected chi connectivity index (χ2v) is 6.09. The summed E-state index contributed by atoms with van der Waals surface area (Å²) in [4.78, 5) is 5.20. The predicted molar refractivity (Wildman–Crippen MR) is 78.0 cm³/mol. The maximum atomic E-state index is 3.76. The van der Waals surface area contributed by atoms with Crippen molar-refractivity contribution in [1.29, 1.82) is 0 Å². The molecule has 0 aromatic carbocycles. The van der Waals surface area contributed by atoms with E-state index in [4.69, 9.17) is 0 Å². The number of piperidine rings is 1. The van der Waals surface area contributed by atoms with Crippen LogP contribution in [0.15, 0.2) is 0 Å². The highest BCUT2D eigenvalue weighted by Gasteiger charge is 2.23. The average molecular weight is 253 g/mol. The smallest absolute Gasteiger partial charge is 0.0107 e. The Morgan fingerprint density at radius 3 is 2.56 bits per heavy atom. The molecule has 1 N–H and O–H groups in total. The number of nitrogens with one attached hydrogen (secondary N) is 1. The fourth-order valence-corrected chi connectivity index (χ4v) is 3.41. The maximum Gasteiger partial charge on any atom is 0.0107 e. The first kappa shape index (κ1) is 14.3. The maximum absolute atomic E-state index is 3.76. The molecule has 0 aromatic rings. The summed E-state index contributed by atoms with van der Waals surface area (Å²) in [6, 6.07) is 0.682. The lowest BCUT2D eigenvalue weighted by molar-refractivity contribution is 0.156. The first-order chi connectivity index (χ1) is 8.79. The van der Waals surface area contributed by atoms with Crippen LogP contribution in [-0.4, -0.2) is 61.7 Å². The fraction of sp³-hybridized carbons (Fsp3) is 1.00. The van der Waals surface area contributed by atoms with Gasteiger partial charge in [-0.25, -0.2) is 0 Å². The highest BCUT2D eigenvalue weighted by Crippen LogP contribution is 2.19. The summed E-state index contributed by atoms with van der Waals surface area (Å²) < 4.78 is 0. The fourth-order valence-electron chi connectivity index (χ4n) is 3.41. The molecule has 106 valence electrons. The van der Waals surface area contributed by atoms with Gasteiger partial charge in [-0.15, -0.1) is 0 Å². The zero-order chi connectivity index (χ0) is 12.8. The lowest BCUT2D eigenvalue weighted by Crippen LogP contribution is -2.45. The van der Waals surface area contributed by atoms with Crippen molar-refractivity contribution in [3.63, 3.8) is 0 Å². The van der Waals surface area contributed by atoms with Gasteiger partial charge in [0.2, 0.25) is 0 Å². The van der Waals surface area contributed by atoms with Gasteiger partial charge < -0.3 is 15.1 Å². The minimum atomic E-state index is 0.682. The van der Waals surface area contributed by atoms with Crippen LogP contribution >= 0.6 is 0 Å². The lowest BCUT2D eigenvalue weighted by Gasteiger charge is -2.35. The third-order valence-electron chi connectivity index (χ3n) is 4.79. The summed E-state index contributed by atoms with van der Waals surface area (Å²) in [6.45, 7) is 13.6. The van der Waals surface area contributed by atoms with Crippen LogP contribution < -0.4 is 5.32 Å². The summed E-state index contributed by atoms with van der Waals surface area (Å²) >= 11 is 0. The molecule has 0 aliphatic carbocycles. The monoisotopic (exact) mass is 253 g/mol. The molecule has 2 unspecified atom stereocenters. The molecule has 0 radical (unpaired) electrons. The number of likely N-dealkylation sites (tertiary alicyclic amines) is 2. The van der Waals surface area contributed by atoms with Gasteiger partial charge in [-0.2, -0.15) is 0 Å². The normalized spacial score (nSPS) is 28.7. The second kappa shape index (κ2) is 7.46. The second-order valence-electron chi connectivity index (χ2n) is 6.09. The van der Waals surface area contributed by atoms with Crippen LogP contribution in [0, 0.1) is 5.92 Å². The van der Waals surface area contributed by atoms with Crippen LogP contribution in [0.2, 0.25) is 0 Å². The molecule has 0 aromatic heterocycles. The van der Waals surface area contributed by atoms with Crippen molar-refractivity contribution in [1.82, 2.24) is 15.1 Å². The lowest BCUT2D eigenvalue weighted by atomic mass is 9.91. The Hall–Kier alpha value is -0.120. The molecule has 0 amide bonds. The topological polar surface area (TPSA) is 18.5 Å². The van der Waals surface area contributed by atoms with Crippen molar-refractivity contribution in [3.05, 3.63) is 0 Å². The van der Waals surface area contributed by atoms with Gasteiger partial charge in [0.05, 0.1) is 0 Å². The number of nitrogens with zero attached hydrogens (tertiary/aromatic N) is 2. The van der Waals surface area contributed by atoms with E-state index in [1.165, 1.54) is 71.5 Å². The standard InChI is InChI=1S/C15H31N3/c1-3-17-11-6-7-15(13-17)14(2)16-8-12-18-9-4-5-10-18/h14-16H,3-13H2,1-2H3. The Balaban J connectivity index is 1.62. The first-order valence-corrected chi connectivity index (χ1v) is 7.97. The van der Waals surface area contributed by atoms with Crippen LogP contribution in [0.25, 0.3) is 0 Å². The molecule has 2 atom stereocenters. The zero-order valence-electron chi connectivity index (χ0n) is 12.3. The van der Waals surface area contributed by atoms with Crippen LogP contribution in [0.5, 0.6) is 0 Å². The van der Waals surface area contributed by atoms with E-state index in [2.05, 4.69) is 29.0 Å². The summed E-state index contributed by atoms with van der Waals surface area (Å²) in [6.07, 6.45) is 5.61. The molecule has 18 heavy (non-hydrogen) atoms. The molecular weight excluding hydrogens is 222 g/mol. The SMILES string of the molecule is CCN1CCCC(C(C)NCCN2CCCC2)C1. The highest BCUT2D eigenvalue weighted by atomic mass is 15.2. The van der Waals surface area contributed by atoms with E-state index in [0.717, 1.165) is 5.92 Å². The molecule has 2 fully saturated rings. The highest BCUT2D eigenvalue weighted by molar-refractivity contribution is 4.80. The molecule has 2 aliphatic rings. The van der Waals surface area contributed by atoms with Crippen molar-refractivity contribution in [2.75, 3.05) is 45.8 Å². The van der Waals surface area contributed by atoms with Crippen LogP contribution in [0.1, 0.15) is 39.5 Å². The molecular formula is C15H31N3. The Bertz CT molecular complexity index is 226. The molecule has 0 spiro atoms.